The Morgan fingerprint density at radius 3 is 2.50 bits per heavy atom. The van der Waals surface area contributed by atoms with Crippen LogP contribution >= 0.6 is 11.8 Å². The summed E-state index contributed by atoms with van der Waals surface area (Å²) in [6.07, 6.45) is 1.56. The Bertz CT molecular complexity index is 1020. The van der Waals surface area contributed by atoms with E-state index in [9.17, 15) is 0 Å². The van der Waals surface area contributed by atoms with Gasteiger partial charge in [-0.25, -0.2) is 9.97 Å². The zero-order chi connectivity index (χ0) is 17.9. The number of hydrogen-bond acceptors (Lipinski definition) is 6. The lowest BCUT2D eigenvalue weighted by molar-refractivity contribution is 0.414. The molecule has 4 rings (SSSR count). The molecule has 4 aromatic rings. The largest absolute Gasteiger partial charge is 0.497 e. The van der Waals surface area contributed by atoms with E-state index in [0.717, 1.165) is 16.5 Å². The molecular formula is C19H17N5OS. The van der Waals surface area contributed by atoms with Crippen LogP contribution in [0.2, 0.25) is 0 Å². The highest BCUT2D eigenvalue weighted by atomic mass is 32.2. The average molecular weight is 363 g/mol. The van der Waals surface area contributed by atoms with Gasteiger partial charge in [0, 0.05) is 5.25 Å². The lowest BCUT2D eigenvalue weighted by Gasteiger charge is -2.10. The molecule has 130 valence electrons. The van der Waals surface area contributed by atoms with E-state index in [-0.39, 0.29) is 5.25 Å². The second kappa shape index (κ2) is 7.13. The molecule has 0 fully saturated rings. The molecule has 0 aliphatic heterocycles. The first-order chi connectivity index (χ1) is 12.8. The summed E-state index contributed by atoms with van der Waals surface area (Å²) in [5, 5.41) is 9.67. The van der Waals surface area contributed by atoms with Crippen LogP contribution in [-0.2, 0) is 0 Å². The third-order valence-electron chi connectivity index (χ3n) is 4.08. The topological polar surface area (TPSA) is 65.7 Å². The van der Waals surface area contributed by atoms with E-state index in [4.69, 9.17) is 4.74 Å². The lowest BCUT2D eigenvalue weighted by Crippen LogP contribution is -1.98. The van der Waals surface area contributed by atoms with Crippen molar-refractivity contribution < 1.29 is 4.74 Å². The van der Waals surface area contributed by atoms with Gasteiger partial charge in [-0.1, -0.05) is 47.3 Å². The highest BCUT2D eigenvalue weighted by molar-refractivity contribution is 7.99. The van der Waals surface area contributed by atoms with Crippen molar-refractivity contribution in [2.24, 2.45) is 0 Å². The van der Waals surface area contributed by atoms with E-state index >= 15 is 0 Å². The number of aromatic nitrogens is 5. The molecule has 0 bridgehead atoms. The molecule has 0 N–H and O–H groups in total. The monoisotopic (exact) mass is 363 g/mol. The standard InChI is InChI=1S/C19H17N5OS/c1-13(14-6-4-3-5-7-14)26-19-17-18(20-12-21-19)24(23-22-17)15-8-10-16(25-2)11-9-15/h3-13H,1-2H3. The Morgan fingerprint density at radius 2 is 1.77 bits per heavy atom. The summed E-state index contributed by atoms with van der Waals surface area (Å²) in [5.74, 6) is 0.792. The molecule has 0 radical (unpaired) electrons. The van der Waals surface area contributed by atoms with Crippen molar-refractivity contribution >= 4 is 22.9 Å². The summed E-state index contributed by atoms with van der Waals surface area (Å²) >= 11 is 1.65. The van der Waals surface area contributed by atoms with Gasteiger partial charge < -0.3 is 4.74 Å². The number of methoxy groups -OCH3 is 1. The minimum Gasteiger partial charge on any atom is -0.497 e. The van der Waals surface area contributed by atoms with Gasteiger partial charge in [-0.2, -0.15) is 4.68 Å². The van der Waals surface area contributed by atoms with Crippen molar-refractivity contribution in [1.29, 1.82) is 0 Å². The Labute approximate surface area is 155 Å². The Hall–Kier alpha value is -2.93. The highest BCUT2D eigenvalue weighted by Gasteiger charge is 2.16. The fourth-order valence-electron chi connectivity index (χ4n) is 2.67. The Kier molecular flexibility index (Phi) is 4.53. The number of thioether (sulfide) groups is 1. The quantitative estimate of drug-likeness (QED) is 0.393. The molecule has 2 aromatic heterocycles. The predicted octanol–water partition coefficient (Wildman–Crippen LogP) is 4.07. The number of nitrogens with zero attached hydrogens (tertiary/aromatic N) is 5. The molecule has 0 saturated heterocycles. The van der Waals surface area contributed by atoms with Crippen LogP contribution < -0.4 is 4.74 Å². The maximum atomic E-state index is 5.20. The van der Waals surface area contributed by atoms with E-state index in [0.29, 0.717) is 11.2 Å². The molecule has 0 spiro atoms. The molecule has 2 aromatic carbocycles. The molecule has 7 heteroatoms. The van der Waals surface area contributed by atoms with Gasteiger partial charge in [0.05, 0.1) is 12.8 Å². The van der Waals surface area contributed by atoms with Crippen molar-refractivity contribution in [2.75, 3.05) is 7.11 Å². The highest BCUT2D eigenvalue weighted by Crippen LogP contribution is 2.36. The molecule has 0 amide bonds. The maximum absolute atomic E-state index is 5.20. The second-order valence-electron chi connectivity index (χ2n) is 5.72. The first kappa shape index (κ1) is 16.5. The number of hydrogen-bond donors (Lipinski definition) is 0. The minimum absolute atomic E-state index is 0.250. The van der Waals surface area contributed by atoms with Gasteiger partial charge in [-0.3, -0.25) is 0 Å². The first-order valence-corrected chi connectivity index (χ1v) is 9.06. The van der Waals surface area contributed by atoms with Crippen molar-refractivity contribution in [3.8, 4) is 11.4 Å². The van der Waals surface area contributed by atoms with Crippen molar-refractivity contribution in [1.82, 2.24) is 25.0 Å². The van der Waals surface area contributed by atoms with Crippen LogP contribution in [0.4, 0.5) is 0 Å². The molecular weight excluding hydrogens is 346 g/mol. The van der Waals surface area contributed by atoms with E-state index < -0.39 is 0 Å². The fraction of sp³-hybridized carbons (Fsp3) is 0.158. The molecule has 0 aliphatic carbocycles. The van der Waals surface area contributed by atoms with Gasteiger partial charge in [0.25, 0.3) is 0 Å². The summed E-state index contributed by atoms with van der Waals surface area (Å²) in [6, 6.07) is 18.0. The van der Waals surface area contributed by atoms with Crippen LogP contribution in [0, 0.1) is 0 Å². The number of benzene rings is 2. The van der Waals surface area contributed by atoms with Crippen LogP contribution in [0.3, 0.4) is 0 Å². The zero-order valence-electron chi connectivity index (χ0n) is 14.4. The minimum atomic E-state index is 0.250. The van der Waals surface area contributed by atoms with Crippen LogP contribution in [0.1, 0.15) is 17.7 Å². The van der Waals surface area contributed by atoms with Gasteiger partial charge in [-0.05, 0) is 36.8 Å². The van der Waals surface area contributed by atoms with Crippen LogP contribution in [0.5, 0.6) is 5.75 Å². The van der Waals surface area contributed by atoms with Crippen molar-refractivity contribution in [3.05, 3.63) is 66.5 Å². The summed E-state index contributed by atoms with van der Waals surface area (Å²) in [6.45, 7) is 2.15. The molecule has 1 atom stereocenters. The number of fused-ring (bicyclic) bond motifs is 1. The molecule has 0 saturated carbocycles. The summed E-state index contributed by atoms with van der Waals surface area (Å²) in [7, 11) is 1.64. The van der Waals surface area contributed by atoms with Crippen LogP contribution in [0.15, 0.2) is 66.0 Å². The number of ether oxygens (including phenoxy) is 1. The zero-order valence-corrected chi connectivity index (χ0v) is 15.2. The van der Waals surface area contributed by atoms with E-state index in [1.165, 1.54) is 5.56 Å². The van der Waals surface area contributed by atoms with Gasteiger partial charge in [0.15, 0.2) is 11.2 Å². The smallest absolute Gasteiger partial charge is 0.187 e. The van der Waals surface area contributed by atoms with E-state index in [2.05, 4.69) is 39.3 Å². The van der Waals surface area contributed by atoms with Crippen LogP contribution in [0.25, 0.3) is 16.9 Å². The second-order valence-corrected chi connectivity index (χ2v) is 7.05. The summed E-state index contributed by atoms with van der Waals surface area (Å²) in [5.41, 5.74) is 3.51. The average Bonchev–Trinajstić information content (AvgIpc) is 3.14. The third kappa shape index (κ3) is 3.13. The molecule has 1 unspecified atom stereocenters. The SMILES string of the molecule is COc1ccc(-n2nnc3c(SC(C)c4ccccc4)ncnc32)cc1. The molecule has 2 heterocycles. The van der Waals surface area contributed by atoms with Gasteiger partial charge in [-0.15, -0.1) is 5.10 Å². The maximum Gasteiger partial charge on any atom is 0.187 e. The summed E-state index contributed by atoms with van der Waals surface area (Å²) in [4.78, 5) is 8.81. The Balaban J connectivity index is 1.68. The molecule has 26 heavy (non-hydrogen) atoms. The van der Waals surface area contributed by atoms with Gasteiger partial charge >= 0.3 is 0 Å². The third-order valence-corrected chi connectivity index (χ3v) is 5.23. The van der Waals surface area contributed by atoms with E-state index in [1.54, 1.807) is 29.9 Å². The predicted molar refractivity (Wildman–Crippen MR) is 102 cm³/mol. The van der Waals surface area contributed by atoms with Crippen molar-refractivity contribution in [3.63, 3.8) is 0 Å². The van der Waals surface area contributed by atoms with E-state index in [1.807, 2.05) is 42.5 Å². The normalized spacial score (nSPS) is 12.2. The first-order valence-electron chi connectivity index (χ1n) is 8.18. The molecule has 0 aliphatic rings. The lowest BCUT2D eigenvalue weighted by atomic mass is 10.2. The fourth-order valence-corrected chi connectivity index (χ4v) is 3.65. The molecule has 6 nitrogen and oxygen atoms in total. The van der Waals surface area contributed by atoms with Gasteiger partial charge in [0.2, 0.25) is 0 Å². The number of rotatable bonds is 5. The summed E-state index contributed by atoms with van der Waals surface area (Å²) < 4.78 is 6.92. The van der Waals surface area contributed by atoms with Gasteiger partial charge in [0.1, 0.15) is 17.1 Å². The van der Waals surface area contributed by atoms with Crippen molar-refractivity contribution in [2.45, 2.75) is 17.2 Å². The Morgan fingerprint density at radius 1 is 1.00 bits per heavy atom. The van der Waals surface area contributed by atoms with Crippen LogP contribution in [-0.4, -0.2) is 32.1 Å².